The lowest BCUT2D eigenvalue weighted by Gasteiger charge is -1.96. The Morgan fingerprint density at radius 2 is 2.43 bits per heavy atom. The highest BCUT2D eigenvalue weighted by molar-refractivity contribution is 5.79. The number of aromatic amines is 1. The van der Waals surface area contributed by atoms with Crippen molar-refractivity contribution in [1.29, 1.82) is 0 Å². The van der Waals surface area contributed by atoms with Crippen LogP contribution in [0.25, 0.3) is 0 Å². The zero-order valence-corrected chi connectivity index (χ0v) is 8.24. The monoisotopic (exact) mass is 194 g/mol. The number of nitrogens with two attached hydrogens (primary N) is 1. The van der Waals surface area contributed by atoms with Gasteiger partial charge in [0.1, 0.15) is 0 Å². The van der Waals surface area contributed by atoms with Crippen LogP contribution in [0.1, 0.15) is 31.0 Å². The zero-order valence-electron chi connectivity index (χ0n) is 8.24. The minimum Gasteiger partial charge on any atom is -0.360 e. The summed E-state index contributed by atoms with van der Waals surface area (Å²) in [4.78, 5) is 13.3. The van der Waals surface area contributed by atoms with Crippen LogP contribution in [0.15, 0.2) is 17.4 Å². The van der Waals surface area contributed by atoms with E-state index in [0.717, 1.165) is 5.69 Å². The third kappa shape index (κ3) is 2.93. The summed E-state index contributed by atoms with van der Waals surface area (Å²) in [6, 6.07) is 1.30. The lowest BCUT2D eigenvalue weighted by molar-refractivity contribution is 0.249. The molecule has 0 unspecified atom stereocenters. The highest BCUT2D eigenvalue weighted by Gasteiger charge is 2.00. The van der Waals surface area contributed by atoms with E-state index < -0.39 is 6.03 Å². The first-order valence-electron chi connectivity index (χ1n) is 4.36. The average Bonchev–Trinajstić information content (AvgIpc) is 2.52. The SMILES string of the molecule is CC(C)c1c[nH]c(/C=N\NC(N)=O)c1. The Kier molecular flexibility index (Phi) is 3.28. The summed E-state index contributed by atoms with van der Waals surface area (Å²) in [6.45, 7) is 4.21. The molecule has 14 heavy (non-hydrogen) atoms. The molecule has 5 nitrogen and oxygen atoms in total. The number of H-pyrrole nitrogens is 1. The first-order chi connectivity index (χ1) is 6.59. The minimum atomic E-state index is -0.670. The van der Waals surface area contributed by atoms with Crippen LogP contribution >= 0.6 is 0 Å². The summed E-state index contributed by atoms with van der Waals surface area (Å²) in [5.74, 6) is 0.470. The topological polar surface area (TPSA) is 83.3 Å². The highest BCUT2D eigenvalue weighted by atomic mass is 16.2. The van der Waals surface area contributed by atoms with Gasteiger partial charge in [0.05, 0.1) is 11.9 Å². The van der Waals surface area contributed by atoms with E-state index in [4.69, 9.17) is 5.73 Å². The number of hydrazone groups is 1. The number of urea groups is 1. The summed E-state index contributed by atoms with van der Waals surface area (Å²) in [5.41, 5.74) is 8.99. The third-order valence-corrected chi connectivity index (χ3v) is 1.77. The fourth-order valence-electron chi connectivity index (χ4n) is 1.00. The van der Waals surface area contributed by atoms with Gasteiger partial charge in [-0.1, -0.05) is 13.8 Å². The maximum Gasteiger partial charge on any atom is 0.332 e. The van der Waals surface area contributed by atoms with Crippen molar-refractivity contribution < 1.29 is 4.79 Å². The van der Waals surface area contributed by atoms with E-state index in [-0.39, 0.29) is 0 Å². The van der Waals surface area contributed by atoms with Crippen LogP contribution in [0, 0.1) is 0 Å². The van der Waals surface area contributed by atoms with Crippen LogP contribution in [0.4, 0.5) is 4.79 Å². The number of aromatic nitrogens is 1. The van der Waals surface area contributed by atoms with E-state index in [0.29, 0.717) is 5.92 Å². The van der Waals surface area contributed by atoms with Gasteiger partial charge in [-0.3, -0.25) is 0 Å². The van der Waals surface area contributed by atoms with Gasteiger partial charge in [0.15, 0.2) is 0 Å². The molecule has 0 saturated heterocycles. The molecule has 0 bridgehead atoms. The van der Waals surface area contributed by atoms with Gasteiger partial charge in [-0.05, 0) is 17.5 Å². The average molecular weight is 194 g/mol. The van der Waals surface area contributed by atoms with Gasteiger partial charge < -0.3 is 10.7 Å². The Balaban J connectivity index is 2.59. The molecule has 5 heteroatoms. The van der Waals surface area contributed by atoms with E-state index >= 15 is 0 Å². The van der Waals surface area contributed by atoms with Gasteiger partial charge in [-0.2, -0.15) is 5.10 Å². The number of hydrogen-bond donors (Lipinski definition) is 3. The predicted molar refractivity (Wildman–Crippen MR) is 55.2 cm³/mol. The number of rotatable bonds is 3. The fraction of sp³-hybridized carbons (Fsp3) is 0.333. The molecule has 0 aliphatic rings. The van der Waals surface area contributed by atoms with Crippen molar-refractivity contribution in [2.45, 2.75) is 19.8 Å². The van der Waals surface area contributed by atoms with Crippen molar-refractivity contribution in [3.05, 3.63) is 23.5 Å². The molecule has 0 aliphatic carbocycles. The summed E-state index contributed by atoms with van der Waals surface area (Å²) in [6.07, 6.45) is 3.42. The smallest absolute Gasteiger partial charge is 0.332 e. The number of hydrogen-bond acceptors (Lipinski definition) is 2. The maximum absolute atomic E-state index is 10.3. The van der Waals surface area contributed by atoms with Gasteiger partial charge in [-0.15, -0.1) is 0 Å². The number of amides is 2. The summed E-state index contributed by atoms with van der Waals surface area (Å²) < 4.78 is 0. The molecule has 0 aromatic carbocycles. The van der Waals surface area contributed by atoms with E-state index in [1.165, 1.54) is 11.8 Å². The van der Waals surface area contributed by atoms with Crippen LogP contribution in [0.3, 0.4) is 0 Å². The lowest BCUT2D eigenvalue weighted by Crippen LogP contribution is -2.24. The van der Waals surface area contributed by atoms with E-state index in [1.54, 1.807) is 0 Å². The third-order valence-electron chi connectivity index (χ3n) is 1.77. The van der Waals surface area contributed by atoms with Gasteiger partial charge >= 0.3 is 6.03 Å². The Hall–Kier alpha value is -1.78. The maximum atomic E-state index is 10.3. The standard InChI is InChI=1S/C9H14N4O/c1-6(2)7-3-8(11-4-7)5-12-13-9(10)14/h3-6,11H,1-2H3,(H3,10,13,14)/b12-5-. The molecule has 0 fully saturated rings. The van der Waals surface area contributed by atoms with Crippen molar-refractivity contribution >= 4 is 12.2 Å². The molecule has 4 N–H and O–H groups in total. The molecule has 1 aromatic rings. The van der Waals surface area contributed by atoms with Gasteiger partial charge in [0.25, 0.3) is 0 Å². The van der Waals surface area contributed by atoms with Crippen molar-refractivity contribution in [3.8, 4) is 0 Å². The van der Waals surface area contributed by atoms with Crippen molar-refractivity contribution in [2.75, 3.05) is 0 Å². The summed E-state index contributed by atoms with van der Waals surface area (Å²) >= 11 is 0. The highest BCUT2D eigenvalue weighted by Crippen LogP contribution is 2.13. The largest absolute Gasteiger partial charge is 0.360 e. The van der Waals surface area contributed by atoms with Crippen LogP contribution in [-0.2, 0) is 0 Å². The number of carbonyl (C=O) groups is 1. The molecule has 1 rings (SSSR count). The molecular weight excluding hydrogens is 180 g/mol. The molecule has 0 saturated carbocycles. The number of carbonyl (C=O) groups excluding carboxylic acids is 1. The lowest BCUT2D eigenvalue weighted by atomic mass is 10.1. The molecule has 1 heterocycles. The molecule has 76 valence electrons. The predicted octanol–water partition coefficient (Wildman–Crippen LogP) is 1.14. The zero-order chi connectivity index (χ0) is 10.6. The molecular formula is C9H14N4O. The normalized spacial score (nSPS) is 11.1. The van der Waals surface area contributed by atoms with Crippen LogP contribution in [-0.4, -0.2) is 17.2 Å². The summed E-state index contributed by atoms with van der Waals surface area (Å²) in [7, 11) is 0. The van der Waals surface area contributed by atoms with Crippen molar-refractivity contribution in [2.24, 2.45) is 10.8 Å². The molecule has 0 atom stereocenters. The fourth-order valence-corrected chi connectivity index (χ4v) is 1.00. The number of nitrogens with one attached hydrogen (secondary N) is 2. The first kappa shape index (κ1) is 10.3. The van der Waals surface area contributed by atoms with Gasteiger partial charge in [0.2, 0.25) is 0 Å². The molecule has 0 spiro atoms. The Morgan fingerprint density at radius 3 is 2.93 bits per heavy atom. The van der Waals surface area contributed by atoms with Crippen LogP contribution < -0.4 is 11.2 Å². The Bertz CT molecular complexity index is 340. The Morgan fingerprint density at radius 1 is 1.71 bits per heavy atom. The van der Waals surface area contributed by atoms with Crippen LogP contribution in [0.2, 0.25) is 0 Å². The second-order valence-corrected chi connectivity index (χ2v) is 3.28. The van der Waals surface area contributed by atoms with Gasteiger partial charge in [-0.25, -0.2) is 10.2 Å². The second kappa shape index (κ2) is 4.45. The molecule has 0 aliphatic heterocycles. The van der Waals surface area contributed by atoms with Crippen molar-refractivity contribution in [3.63, 3.8) is 0 Å². The summed E-state index contributed by atoms with van der Waals surface area (Å²) in [5, 5.41) is 3.63. The molecule has 1 aromatic heterocycles. The molecule has 2 amide bonds. The van der Waals surface area contributed by atoms with E-state index in [1.807, 2.05) is 12.3 Å². The first-order valence-corrected chi connectivity index (χ1v) is 4.36. The number of nitrogens with zero attached hydrogens (tertiary/aromatic N) is 1. The van der Waals surface area contributed by atoms with Crippen LogP contribution in [0.5, 0.6) is 0 Å². The minimum absolute atomic E-state index is 0.470. The molecule has 0 radical (unpaired) electrons. The van der Waals surface area contributed by atoms with Gasteiger partial charge in [0, 0.05) is 6.20 Å². The van der Waals surface area contributed by atoms with E-state index in [9.17, 15) is 4.79 Å². The number of primary amides is 1. The van der Waals surface area contributed by atoms with Crippen molar-refractivity contribution in [1.82, 2.24) is 10.4 Å². The van der Waals surface area contributed by atoms with E-state index in [2.05, 4.69) is 29.4 Å². The second-order valence-electron chi connectivity index (χ2n) is 3.28. The quantitative estimate of drug-likeness (QED) is 0.489. The Labute approximate surface area is 82.4 Å².